The van der Waals surface area contributed by atoms with Gasteiger partial charge in [0.25, 0.3) is 0 Å². The van der Waals surface area contributed by atoms with Gasteiger partial charge in [-0.25, -0.2) is 4.79 Å². The van der Waals surface area contributed by atoms with Crippen molar-refractivity contribution in [2.45, 2.75) is 19.9 Å². The van der Waals surface area contributed by atoms with E-state index in [-0.39, 0.29) is 12.1 Å². The number of benzene rings is 1. The first-order valence-electron chi connectivity index (χ1n) is 7.43. The van der Waals surface area contributed by atoms with Gasteiger partial charge in [0.1, 0.15) is 11.5 Å². The maximum absolute atomic E-state index is 11.9. The van der Waals surface area contributed by atoms with Crippen LogP contribution in [-0.4, -0.2) is 26.2 Å². The second-order valence-corrected chi connectivity index (χ2v) is 5.33. The summed E-state index contributed by atoms with van der Waals surface area (Å²) in [5, 5.41) is 5.72. The van der Waals surface area contributed by atoms with Crippen LogP contribution in [0.4, 0.5) is 10.5 Å². The lowest BCUT2D eigenvalue weighted by atomic mass is 10.2. The number of para-hydroxylation sites is 1. The zero-order valence-corrected chi connectivity index (χ0v) is 13.3. The largest absolute Gasteiger partial charge is 0.464 e. The fourth-order valence-electron chi connectivity index (χ4n) is 2.15. The van der Waals surface area contributed by atoms with Crippen molar-refractivity contribution in [2.75, 3.05) is 25.0 Å². The zero-order valence-electron chi connectivity index (χ0n) is 13.3. The number of urea groups is 1. The molecule has 0 saturated carbocycles. The molecule has 1 heterocycles. The third kappa shape index (κ3) is 4.55. The molecule has 0 aliphatic carbocycles. The number of anilines is 1. The lowest BCUT2D eigenvalue weighted by Gasteiger charge is -2.20. The van der Waals surface area contributed by atoms with Crippen LogP contribution in [0, 0.1) is 6.92 Å². The quantitative estimate of drug-likeness (QED) is 0.862. The van der Waals surface area contributed by atoms with E-state index in [2.05, 4.69) is 15.5 Å². The maximum Gasteiger partial charge on any atom is 0.315 e. The van der Waals surface area contributed by atoms with Crippen LogP contribution in [0.25, 0.3) is 0 Å². The van der Waals surface area contributed by atoms with Gasteiger partial charge in [-0.05, 0) is 38.1 Å². The third-order valence-electron chi connectivity index (χ3n) is 3.47. The van der Waals surface area contributed by atoms with E-state index in [1.54, 1.807) is 0 Å². The molecule has 2 amide bonds. The molecule has 0 radical (unpaired) electrons. The first kappa shape index (κ1) is 15.9. The maximum atomic E-state index is 11.9. The molecule has 22 heavy (non-hydrogen) atoms. The van der Waals surface area contributed by atoms with Crippen LogP contribution in [0.1, 0.15) is 24.5 Å². The number of aryl methyl sites for hydroxylation is 1. The van der Waals surface area contributed by atoms with Gasteiger partial charge < -0.3 is 20.0 Å². The van der Waals surface area contributed by atoms with Gasteiger partial charge in [0, 0.05) is 25.8 Å². The Morgan fingerprint density at radius 3 is 2.59 bits per heavy atom. The van der Waals surface area contributed by atoms with Crippen LogP contribution in [0.2, 0.25) is 0 Å². The van der Waals surface area contributed by atoms with Crippen molar-refractivity contribution in [3.05, 3.63) is 54.0 Å². The van der Waals surface area contributed by atoms with Crippen molar-refractivity contribution in [2.24, 2.45) is 0 Å². The summed E-state index contributed by atoms with van der Waals surface area (Å²) in [5.74, 6) is 1.60. The number of nitrogens with one attached hydrogen (secondary N) is 2. The molecule has 0 fully saturated rings. The number of amides is 2. The summed E-state index contributed by atoms with van der Waals surface area (Å²) in [7, 11) is 2.00. The molecular formula is C17H23N3O2. The molecule has 0 aliphatic rings. The van der Waals surface area contributed by atoms with Crippen LogP contribution < -0.4 is 15.5 Å². The molecule has 0 aliphatic heterocycles. The van der Waals surface area contributed by atoms with E-state index in [0.717, 1.165) is 23.8 Å². The highest BCUT2D eigenvalue weighted by Gasteiger charge is 2.12. The highest BCUT2D eigenvalue weighted by molar-refractivity contribution is 5.74. The van der Waals surface area contributed by atoms with Crippen LogP contribution in [0.5, 0.6) is 0 Å². The van der Waals surface area contributed by atoms with Crippen LogP contribution in [0.3, 0.4) is 0 Å². The minimum atomic E-state index is -0.192. The normalized spacial score (nSPS) is 11.8. The standard InChI is InChI=1S/C17H23N3O2/c1-13-9-10-16(22-13)14(2)19-17(21)18-11-12-20(3)15-7-5-4-6-8-15/h4-10,14H,11-12H2,1-3H3,(H2,18,19,21). The summed E-state index contributed by atoms with van der Waals surface area (Å²) < 4.78 is 5.50. The van der Waals surface area contributed by atoms with Gasteiger partial charge in [0.15, 0.2) is 0 Å². The number of nitrogens with zero attached hydrogens (tertiary/aromatic N) is 1. The van der Waals surface area contributed by atoms with Gasteiger partial charge in [-0.3, -0.25) is 0 Å². The Bertz CT molecular complexity index is 595. The van der Waals surface area contributed by atoms with E-state index in [9.17, 15) is 4.79 Å². The highest BCUT2D eigenvalue weighted by Crippen LogP contribution is 2.15. The molecule has 1 aromatic heterocycles. The predicted molar refractivity (Wildman–Crippen MR) is 88.1 cm³/mol. The molecule has 1 unspecified atom stereocenters. The van der Waals surface area contributed by atoms with E-state index in [1.165, 1.54) is 0 Å². The molecule has 5 nitrogen and oxygen atoms in total. The summed E-state index contributed by atoms with van der Waals surface area (Å²) in [6, 6.07) is 13.5. The molecule has 2 rings (SSSR count). The Labute approximate surface area is 131 Å². The molecular weight excluding hydrogens is 278 g/mol. The predicted octanol–water partition coefficient (Wildman–Crippen LogP) is 3.08. The van der Waals surface area contributed by atoms with Crippen molar-refractivity contribution in [3.8, 4) is 0 Å². The van der Waals surface area contributed by atoms with Crippen LogP contribution in [-0.2, 0) is 0 Å². The second-order valence-electron chi connectivity index (χ2n) is 5.33. The van der Waals surface area contributed by atoms with E-state index >= 15 is 0 Å². The highest BCUT2D eigenvalue weighted by atomic mass is 16.3. The number of carbonyl (C=O) groups excluding carboxylic acids is 1. The van der Waals surface area contributed by atoms with Gasteiger partial charge in [-0.1, -0.05) is 18.2 Å². The van der Waals surface area contributed by atoms with Gasteiger partial charge >= 0.3 is 6.03 Å². The molecule has 2 aromatic rings. The zero-order chi connectivity index (χ0) is 15.9. The Kier molecular flexibility index (Phi) is 5.47. The first-order chi connectivity index (χ1) is 10.6. The van der Waals surface area contributed by atoms with E-state index < -0.39 is 0 Å². The average molecular weight is 301 g/mol. The number of hydrogen-bond acceptors (Lipinski definition) is 3. The molecule has 1 aromatic carbocycles. The van der Waals surface area contributed by atoms with Crippen molar-refractivity contribution in [1.82, 2.24) is 10.6 Å². The number of rotatable bonds is 6. The van der Waals surface area contributed by atoms with Gasteiger partial charge in [0.2, 0.25) is 0 Å². The van der Waals surface area contributed by atoms with Crippen LogP contribution in [0.15, 0.2) is 46.9 Å². The number of hydrogen-bond donors (Lipinski definition) is 2. The lowest BCUT2D eigenvalue weighted by molar-refractivity contribution is 0.236. The monoisotopic (exact) mass is 301 g/mol. The number of carbonyl (C=O) groups is 1. The lowest BCUT2D eigenvalue weighted by Crippen LogP contribution is -2.40. The van der Waals surface area contributed by atoms with Gasteiger partial charge in [0.05, 0.1) is 6.04 Å². The fraction of sp³-hybridized carbons (Fsp3) is 0.353. The van der Waals surface area contributed by atoms with Gasteiger partial charge in [-0.15, -0.1) is 0 Å². The van der Waals surface area contributed by atoms with Crippen LogP contribution >= 0.6 is 0 Å². The smallest absolute Gasteiger partial charge is 0.315 e. The minimum Gasteiger partial charge on any atom is -0.464 e. The van der Waals surface area contributed by atoms with Crippen molar-refractivity contribution >= 4 is 11.7 Å². The molecule has 0 spiro atoms. The Morgan fingerprint density at radius 2 is 1.95 bits per heavy atom. The number of likely N-dealkylation sites (N-methyl/N-ethyl adjacent to an activating group) is 1. The van der Waals surface area contributed by atoms with E-state index in [1.807, 2.05) is 63.4 Å². The van der Waals surface area contributed by atoms with Crippen molar-refractivity contribution in [1.29, 1.82) is 0 Å². The SMILES string of the molecule is Cc1ccc(C(C)NC(=O)NCCN(C)c2ccccc2)o1. The summed E-state index contributed by atoms with van der Waals surface area (Å²) in [4.78, 5) is 14.0. The second kappa shape index (κ2) is 7.54. The Hall–Kier alpha value is -2.43. The topological polar surface area (TPSA) is 57.5 Å². The fourth-order valence-corrected chi connectivity index (χ4v) is 2.15. The summed E-state index contributed by atoms with van der Waals surface area (Å²) >= 11 is 0. The van der Waals surface area contributed by atoms with E-state index in [0.29, 0.717) is 6.54 Å². The molecule has 118 valence electrons. The molecule has 2 N–H and O–H groups in total. The minimum absolute atomic E-state index is 0.152. The first-order valence-corrected chi connectivity index (χ1v) is 7.43. The molecule has 0 bridgehead atoms. The summed E-state index contributed by atoms with van der Waals surface area (Å²) in [5.41, 5.74) is 1.13. The van der Waals surface area contributed by atoms with Crippen molar-refractivity contribution in [3.63, 3.8) is 0 Å². The molecule has 1 atom stereocenters. The third-order valence-corrected chi connectivity index (χ3v) is 3.47. The average Bonchev–Trinajstić information content (AvgIpc) is 2.94. The van der Waals surface area contributed by atoms with Gasteiger partial charge in [-0.2, -0.15) is 0 Å². The molecule has 0 saturated heterocycles. The summed E-state index contributed by atoms with van der Waals surface area (Å²) in [6.07, 6.45) is 0. The Morgan fingerprint density at radius 1 is 1.23 bits per heavy atom. The Balaban J connectivity index is 1.71. The molecule has 5 heteroatoms. The van der Waals surface area contributed by atoms with E-state index in [4.69, 9.17) is 4.42 Å². The van der Waals surface area contributed by atoms with Crippen molar-refractivity contribution < 1.29 is 9.21 Å². The summed E-state index contributed by atoms with van der Waals surface area (Å²) in [6.45, 7) is 5.09. The number of furan rings is 1.